The molecule has 0 fully saturated rings. The van der Waals surface area contributed by atoms with E-state index in [-0.39, 0.29) is 11.0 Å². The minimum atomic E-state index is -0.268. The molecule has 0 amide bonds. The molecule has 20 heavy (non-hydrogen) atoms. The van der Waals surface area contributed by atoms with E-state index in [2.05, 4.69) is 32.9 Å². The molecule has 3 rings (SSSR count). The molecule has 0 N–H and O–H groups in total. The van der Waals surface area contributed by atoms with Gasteiger partial charge in [0.25, 0.3) is 0 Å². The lowest BCUT2D eigenvalue weighted by Gasteiger charge is -2.19. The van der Waals surface area contributed by atoms with E-state index in [0.29, 0.717) is 11.0 Å². The monoisotopic (exact) mass is 266 g/mol. The van der Waals surface area contributed by atoms with E-state index in [9.17, 15) is 4.79 Å². The number of hydrogen-bond donors (Lipinski definition) is 0. The predicted octanol–water partition coefficient (Wildman–Crippen LogP) is 4.55. The average Bonchev–Trinajstić information content (AvgIpc) is 2.37. The van der Waals surface area contributed by atoms with Gasteiger partial charge < -0.3 is 4.42 Å². The Morgan fingerprint density at radius 1 is 0.900 bits per heavy atom. The molecule has 0 bridgehead atoms. The van der Waals surface area contributed by atoms with Crippen LogP contribution >= 0.6 is 0 Å². The Balaban J connectivity index is 2.49. The molecule has 0 saturated carbocycles. The van der Waals surface area contributed by atoms with Crippen LogP contribution in [-0.4, -0.2) is 0 Å². The van der Waals surface area contributed by atoms with Crippen LogP contribution in [0.3, 0.4) is 0 Å². The summed E-state index contributed by atoms with van der Waals surface area (Å²) in [4.78, 5) is 12.0. The minimum absolute atomic E-state index is 0.0699. The Kier molecular flexibility index (Phi) is 2.72. The van der Waals surface area contributed by atoms with Crippen LogP contribution in [0, 0.1) is 6.92 Å². The molecule has 2 aromatic carbocycles. The molecule has 0 aliphatic carbocycles. The molecule has 102 valence electrons. The van der Waals surface area contributed by atoms with Gasteiger partial charge >= 0.3 is 5.63 Å². The highest BCUT2D eigenvalue weighted by atomic mass is 16.4. The van der Waals surface area contributed by atoms with Crippen molar-refractivity contribution in [3.63, 3.8) is 0 Å². The standard InChI is InChI=1S/C18H18O2/c1-11-5-7-13-14(9-11)15-10-12(18(2,3)4)6-8-16(15)20-17(13)19/h5-10H,1-4H3. The highest BCUT2D eigenvalue weighted by Crippen LogP contribution is 2.29. The van der Waals surface area contributed by atoms with Gasteiger partial charge in [0.1, 0.15) is 5.58 Å². The number of rotatable bonds is 0. The molecule has 1 heterocycles. The van der Waals surface area contributed by atoms with Crippen molar-refractivity contribution in [1.29, 1.82) is 0 Å². The van der Waals surface area contributed by atoms with Gasteiger partial charge in [-0.25, -0.2) is 4.79 Å². The molecule has 0 radical (unpaired) electrons. The van der Waals surface area contributed by atoms with Crippen LogP contribution in [0.1, 0.15) is 31.9 Å². The van der Waals surface area contributed by atoms with Gasteiger partial charge in [0.15, 0.2) is 0 Å². The first-order valence-electron chi connectivity index (χ1n) is 6.84. The molecule has 2 nitrogen and oxygen atoms in total. The van der Waals surface area contributed by atoms with E-state index in [1.165, 1.54) is 5.56 Å². The van der Waals surface area contributed by atoms with Crippen LogP contribution in [0.15, 0.2) is 45.6 Å². The zero-order valence-electron chi connectivity index (χ0n) is 12.3. The third kappa shape index (κ3) is 2.01. The third-order valence-electron chi connectivity index (χ3n) is 3.73. The van der Waals surface area contributed by atoms with Gasteiger partial charge in [0, 0.05) is 10.8 Å². The third-order valence-corrected chi connectivity index (χ3v) is 3.73. The van der Waals surface area contributed by atoms with E-state index >= 15 is 0 Å². The van der Waals surface area contributed by atoms with E-state index in [4.69, 9.17) is 4.42 Å². The summed E-state index contributed by atoms with van der Waals surface area (Å²) in [5.41, 5.74) is 2.84. The highest BCUT2D eigenvalue weighted by Gasteiger charge is 2.16. The first kappa shape index (κ1) is 12.9. The maximum absolute atomic E-state index is 12.0. The van der Waals surface area contributed by atoms with Gasteiger partial charge in [-0.2, -0.15) is 0 Å². The SMILES string of the molecule is Cc1ccc2c(=O)oc3ccc(C(C)(C)C)cc3c2c1. The van der Waals surface area contributed by atoms with Gasteiger partial charge in [-0.05, 0) is 36.1 Å². The van der Waals surface area contributed by atoms with Gasteiger partial charge in [-0.15, -0.1) is 0 Å². The van der Waals surface area contributed by atoms with Gasteiger partial charge in [0.05, 0.1) is 5.39 Å². The molecule has 0 aliphatic heterocycles. The van der Waals surface area contributed by atoms with Crippen LogP contribution in [-0.2, 0) is 5.41 Å². The Morgan fingerprint density at radius 3 is 2.35 bits per heavy atom. The summed E-state index contributed by atoms with van der Waals surface area (Å²) >= 11 is 0. The lowest BCUT2D eigenvalue weighted by atomic mass is 9.86. The second kappa shape index (κ2) is 4.20. The Hall–Kier alpha value is -2.09. The van der Waals surface area contributed by atoms with E-state index < -0.39 is 0 Å². The van der Waals surface area contributed by atoms with Crippen molar-refractivity contribution in [2.45, 2.75) is 33.1 Å². The summed E-state index contributed by atoms with van der Waals surface area (Å²) in [5, 5.41) is 2.63. The zero-order valence-corrected chi connectivity index (χ0v) is 12.3. The van der Waals surface area contributed by atoms with Gasteiger partial charge in [-0.3, -0.25) is 0 Å². The fourth-order valence-corrected chi connectivity index (χ4v) is 2.51. The molecule has 0 aliphatic rings. The minimum Gasteiger partial charge on any atom is -0.422 e. The fourth-order valence-electron chi connectivity index (χ4n) is 2.51. The van der Waals surface area contributed by atoms with E-state index in [0.717, 1.165) is 16.3 Å². The van der Waals surface area contributed by atoms with Crippen molar-refractivity contribution in [2.75, 3.05) is 0 Å². The maximum atomic E-state index is 12.0. The van der Waals surface area contributed by atoms with E-state index in [1.54, 1.807) is 0 Å². The topological polar surface area (TPSA) is 30.2 Å². The normalized spacial score (nSPS) is 12.2. The van der Waals surface area contributed by atoms with Crippen molar-refractivity contribution < 1.29 is 4.42 Å². The maximum Gasteiger partial charge on any atom is 0.344 e. The Labute approximate surface area is 118 Å². The van der Waals surface area contributed by atoms with Crippen LogP contribution in [0.2, 0.25) is 0 Å². The first-order valence-corrected chi connectivity index (χ1v) is 6.84. The molecular formula is C18H18O2. The Morgan fingerprint density at radius 2 is 1.65 bits per heavy atom. The highest BCUT2D eigenvalue weighted by molar-refractivity contribution is 6.04. The second-order valence-electron chi connectivity index (χ2n) is 6.40. The summed E-state index contributed by atoms with van der Waals surface area (Å²) in [7, 11) is 0. The number of aryl methyl sites for hydroxylation is 1. The lowest BCUT2D eigenvalue weighted by Crippen LogP contribution is -2.11. The summed E-state index contributed by atoms with van der Waals surface area (Å²) in [6.45, 7) is 8.58. The quantitative estimate of drug-likeness (QED) is 0.441. The molecule has 0 unspecified atom stereocenters. The summed E-state index contributed by atoms with van der Waals surface area (Å²) in [6.07, 6.45) is 0. The molecule has 2 heteroatoms. The van der Waals surface area contributed by atoms with E-state index in [1.807, 2.05) is 31.2 Å². The van der Waals surface area contributed by atoms with Crippen molar-refractivity contribution >= 4 is 21.7 Å². The van der Waals surface area contributed by atoms with Crippen molar-refractivity contribution in [2.24, 2.45) is 0 Å². The smallest absolute Gasteiger partial charge is 0.344 e. The number of fused-ring (bicyclic) bond motifs is 3. The van der Waals surface area contributed by atoms with Gasteiger partial charge in [-0.1, -0.05) is 44.5 Å². The largest absolute Gasteiger partial charge is 0.422 e. The molecule has 1 aromatic heterocycles. The lowest BCUT2D eigenvalue weighted by molar-refractivity contribution is 0.566. The molecule has 0 atom stereocenters. The number of benzene rings is 2. The van der Waals surface area contributed by atoms with Crippen molar-refractivity contribution in [3.8, 4) is 0 Å². The van der Waals surface area contributed by atoms with Crippen LogP contribution < -0.4 is 5.63 Å². The Bertz CT molecular complexity index is 864. The van der Waals surface area contributed by atoms with Crippen LogP contribution in [0.5, 0.6) is 0 Å². The fraction of sp³-hybridized carbons (Fsp3) is 0.278. The second-order valence-corrected chi connectivity index (χ2v) is 6.40. The molecule has 0 saturated heterocycles. The van der Waals surface area contributed by atoms with Crippen molar-refractivity contribution in [1.82, 2.24) is 0 Å². The van der Waals surface area contributed by atoms with Gasteiger partial charge in [0.2, 0.25) is 0 Å². The first-order chi connectivity index (χ1) is 9.36. The molecule has 3 aromatic rings. The summed E-state index contributed by atoms with van der Waals surface area (Å²) < 4.78 is 5.43. The molecule has 0 spiro atoms. The van der Waals surface area contributed by atoms with Crippen molar-refractivity contribution in [3.05, 3.63) is 57.9 Å². The molecular weight excluding hydrogens is 248 g/mol. The van der Waals surface area contributed by atoms with Crippen LogP contribution in [0.4, 0.5) is 0 Å². The number of hydrogen-bond acceptors (Lipinski definition) is 2. The summed E-state index contributed by atoms with van der Waals surface area (Å²) in [5.74, 6) is 0. The predicted molar refractivity (Wildman–Crippen MR) is 83.4 cm³/mol. The average molecular weight is 266 g/mol. The summed E-state index contributed by atoms with van der Waals surface area (Å²) in [6, 6.07) is 11.9. The zero-order chi connectivity index (χ0) is 14.5. The van der Waals surface area contributed by atoms with Crippen LogP contribution in [0.25, 0.3) is 21.7 Å².